The lowest BCUT2D eigenvalue weighted by atomic mass is 9.94. The summed E-state index contributed by atoms with van der Waals surface area (Å²) < 4.78 is 5.47. The third-order valence-corrected chi connectivity index (χ3v) is 6.64. The SMILES string of the molecule is Cc1c(N2C(=O)N(CC3CCOC3)C3(CCCC3)C2=O)ccc(C#N)c1Cl. The van der Waals surface area contributed by atoms with Gasteiger partial charge in [-0.3, -0.25) is 4.79 Å². The normalized spacial score (nSPS) is 24.3. The molecule has 1 atom stereocenters. The summed E-state index contributed by atoms with van der Waals surface area (Å²) in [7, 11) is 0. The van der Waals surface area contributed by atoms with Crippen LogP contribution in [0.25, 0.3) is 0 Å². The van der Waals surface area contributed by atoms with E-state index in [0.29, 0.717) is 54.4 Å². The number of rotatable bonds is 3. The Labute approximate surface area is 163 Å². The van der Waals surface area contributed by atoms with Crippen LogP contribution in [-0.4, -0.2) is 42.1 Å². The first-order valence-electron chi connectivity index (χ1n) is 9.42. The number of hydrogen-bond acceptors (Lipinski definition) is 4. The first-order valence-corrected chi connectivity index (χ1v) is 9.80. The second-order valence-corrected chi connectivity index (χ2v) is 8.06. The average molecular weight is 388 g/mol. The first kappa shape index (κ1) is 18.3. The molecular formula is C20H22ClN3O3. The van der Waals surface area contributed by atoms with Gasteiger partial charge in [0.1, 0.15) is 11.6 Å². The molecule has 3 amide bonds. The molecule has 142 valence electrons. The van der Waals surface area contributed by atoms with Crippen LogP contribution < -0.4 is 4.90 Å². The van der Waals surface area contributed by atoms with Crippen LogP contribution in [0.5, 0.6) is 0 Å². The fourth-order valence-electron chi connectivity index (χ4n) is 4.61. The summed E-state index contributed by atoms with van der Waals surface area (Å²) in [5, 5.41) is 9.46. The smallest absolute Gasteiger partial charge is 0.332 e. The van der Waals surface area contributed by atoms with E-state index in [4.69, 9.17) is 21.6 Å². The molecule has 0 aromatic heterocycles. The van der Waals surface area contributed by atoms with E-state index in [0.717, 1.165) is 19.3 Å². The molecule has 3 fully saturated rings. The minimum atomic E-state index is -0.744. The van der Waals surface area contributed by atoms with Crippen molar-refractivity contribution in [3.63, 3.8) is 0 Å². The molecule has 0 radical (unpaired) electrons. The number of ether oxygens (including phenoxy) is 1. The average Bonchev–Trinajstić information content (AvgIpc) is 3.38. The van der Waals surface area contributed by atoms with E-state index in [2.05, 4.69) is 0 Å². The summed E-state index contributed by atoms with van der Waals surface area (Å²) in [6.07, 6.45) is 4.19. The van der Waals surface area contributed by atoms with E-state index in [1.165, 1.54) is 4.90 Å². The van der Waals surface area contributed by atoms with Crippen LogP contribution in [0.3, 0.4) is 0 Å². The number of urea groups is 1. The van der Waals surface area contributed by atoms with Crippen molar-refractivity contribution in [1.29, 1.82) is 5.26 Å². The summed E-state index contributed by atoms with van der Waals surface area (Å²) >= 11 is 6.30. The quantitative estimate of drug-likeness (QED) is 0.742. The lowest BCUT2D eigenvalue weighted by molar-refractivity contribution is -0.124. The van der Waals surface area contributed by atoms with Gasteiger partial charge in [0.05, 0.1) is 22.9 Å². The molecule has 27 heavy (non-hydrogen) atoms. The number of carbonyl (C=O) groups is 2. The Morgan fingerprint density at radius 3 is 2.70 bits per heavy atom. The van der Waals surface area contributed by atoms with E-state index in [9.17, 15) is 9.59 Å². The highest BCUT2D eigenvalue weighted by atomic mass is 35.5. The van der Waals surface area contributed by atoms with Gasteiger partial charge in [-0.2, -0.15) is 5.26 Å². The Bertz CT molecular complexity index is 836. The van der Waals surface area contributed by atoms with E-state index in [1.54, 1.807) is 24.0 Å². The highest BCUT2D eigenvalue weighted by Crippen LogP contribution is 2.45. The molecular weight excluding hydrogens is 366 g/mol. The number of nitriles is 1. The Hall–Kier alpha value is -2.10. The van der Waals surface area contributed by atoms with Gasteiger partial charge in [-0.1, -0.05) is 24.4 Å². The van der Waals surface area contributed by atoms with Crippen molar-refractivity contribution in [3.8, 4) is 6.07 Å². The van der Waals surface area contributed by atoms with Crippen LogP contribution in [-0.2, 0) is 9.53 Å². The van der Waals surface area contributed by atoms with Crippen molar-refractivity contribution in [2.24, 2.45) is 5.92 Å². The Morgan fingerprint density at radius 2 is 2.07 bits per heavy atom. The largest absolute Gasteiger partial charge is 0.381 e. The van der Waals surface area contributed by atoms with Gasteiger partial charge in [0.15, 0.2) is 0 Å². The standard InChI is InChI=1S/C20H22ClN3O3/c1-13-16(5-4-15(10-22)17(13)21)24-18(25)20(7-2-3-8-20)23(19(24)26)11-14-6-9-27-12-14/h4-5,14H,2-3,6-9,11-12H2,1H3. The first-order chi connectivity index (χ1) is 13.0. The topological polar surface area (TPSA) is 73.6 Å². The molecule has 2 aliphatic heterocycles. The summed E-state index contributed by atoms with van der Waals surface area (Å²) in [5.41, 5.74) is 0.654. The zero-order valence-electron chi connectivity index (χ0n) is 15.3. The molecule has 2 saturated heterocycles. The lowest BCUT2D eigenvalue weighted by Gasteiger charge is -2.32. The van der Waals surface area contributed by atoms with Gasteiger partial charge in [0.25, 0.3) is 5.91 Å². The number of benzene rings is 1. The molecule has 1 aliphatic carbocycles. The van der Waals surface area contributed by atoms with Gasteiger partial charge in [-0.15, -0.1) is 0 Å². The van der Waals surface area contributed by atoms with Crippen LogP contribution in [0.4, 0.5) is 10.5 Å². The molecule has 1 spiro atoms. The van der Waals surface area contributed by atoms with Crippen molar-refractivity contribution in [2.75, 3.05) is 24.7 Å². The number of anilines is 1. The number of hydrogen-bond donors (Lipinski definition) is 0. The van der Waals surface area contributed by atoms with Gasteiger partial charge in [0.2, 0.25) is 0 Å². The molecule has 1 aromatic carbocycles. The monoisotopic (exact) mass is 387 g/mol. The van der Waals surface area contributed by atoms with Gasteiger partial charge >= 0.3 is 6.03 Å². The zero-order valence-corrected chi connectivity index (χ0v) is 16.1. The summed E-state index contributed by atoms with van der Waals surface area (Å²) in [6, 6.07) is 4.98. The fraction of sp³-hybridized carbons (Fsp3) is 0.550. The molecule has 1 unspecified atom stereocenters. The Balaban J connectivity index is 1.74. The van der Waals surface area contributed by atoms with Crippen molar-refractivity contribution in [3.05, 3.63) is 28.3 Å². The number of halogens is 1. The molecule has 1 aromatic rings. The lowest BCUT2D eigenvalue weighted by Crippen LogP contribution is -2.49. The number of amides is 3. The van der Waals surface area contributed by atoms with E-state index >= 15 is 0 Å². The highest BCUT2D eigenvalue weighted by Gasteiger charge is 2.59. The molecule has 6 nitrogen and oxygen atoms in total. The van der Waals surface area contributed by atoms with E-state index in [1.807, 2.05) is 6.07 Å². The highest BCUT2D eigenvalue weighted by molar-refractivity contribution is 6.33. The molecule has 4 rings (SSSR count). The second-order valence-electron chi connectivity index (χ2n) is 7.69. The van der Waals surface area contributed by atoms with E-state index in [-0.39, 0.29) is 17.9 Å². The maximum absolute atomic E-state index is 13.5. The van der Waals surface area contributed by atoms with Gasteiger partial charge < -0.3 is 9.64 Å². The van der Waals surface area contributed by atoms with Crippen LogP contribution >= 0.6 is 11.6 Å². The van der Waals surface area contributed by atoms with Crippen molar-refractivity contribution in [1.82, 2.24) is 4.90 Å². The predicted octanol–water partition coefficient (Wildman–Crippen LogP) is 3.64. The minimum Gasteiger partial charge on any atom is -0.381 e. The van der Waals surface area contributed by atoms with Gasteiger partial charge in [-0.25, -0.2) is 9.69 Å². The third kappa shape index (κ3) is 2.72. The van der Waals surface area contributed by atoms with Crippen molar-refractivity contribution in [2.45, 2.75) is 44.6 Å². The summed E-state index contributed by atoms with van der Waals surface area (Å²) in [6.45, 7) is 3.63. The summed E-state index contributed by atoms with van der Waals surface area (Å²) in [4.78, 5) is 29.9. The third-order valence-electron chi connectivity index (χ3n) is 6.15. The number of imide groups is 1. The van der Waals surface area contributed by atoms with Crippen LogP contribution in [0.2, 0.25) is 5.02 Å². The predicted molar refractivity (Wildman–Crippen MR) is 101 cm³/mol. The molecule has 0 bridgehead atoms. The maximum atomic E-state index is 13.5. The number of carbonyl (C=O) groups excluding carboxylic acids is 2. The maximum Gasteiger partial charge on any atom is 0.332 e. The fourth-order valence-corrected chi connectivity index (χ4v) is 4.81. The van der Waals surface area contributed by atoms with Crippen LogP contribution in [0.1, 0.15) is 43.2 Å². The van der Waals surface area contributed by atoms with Gasteiger partial charge in [-0.05, 0) is 43.9 Å². The Kier molecular flexibility index (Phi) is 4.61. The minimum absolute atomic E-state index is 0.159. The van der Waals surface area contributed by atoms with E-state index < -0.39 is 5.54 Å². The molecule has 2 heterocycles. The molecule has 7 heteroatoms. The van der Waals surface area contributed by atoms with Crippen molar-refractivity contribution < 1.29 is 14.3 Å². The molecule has 3 aliphatic rings. The molecule has 0 N–H and O–H groups in total. The van der Waals surface area contributed by atoms with Crippen LogP contribution in [0, 0.1) is 24.2 Å². The zero-order chi connectivity index (χ0) is 19.2. The Morgan fingerprint density at radius 1 is 1.33 bits per heavy atom. The molecule has 1 saturated carbocycles. The van der Waals surface area contributed by atoms with Crippen LogP contribution in [0.15, 0.2) is 12.1 Å². The second kappa shape index (κ2) is 6.81. The van der Waals surface area contributed by atoms with Crippen molar-refractivity contribution >= 4 is 29.2 Å². The van der Waals surface area contributed by atoms with Gasteiger partial charge in [0, 0.05) is 19.1 Å². The summed E-state index contributed by atoms with van der Waals surface area (Å²) in [5.74, 6) is 0.109. The number of nitrogens with zero attached hydrogens (tertiary/aromatic N) is 3.